The Balaban J connectivity index is 1.34. The van der Waals surface area contributed by atoms with Crippen molar-refractivity contribution in [3.63, 3.8) is 0 Å². The van der Waals surface area contributed by atoms with Crippen LogP contribution in [0.2, 0.25) is 0 Å². The van der Waals surface area contributed by atoms with Gasteiger partial charge in [0, 0.05) is 36.6 Å². The van der Waals surface area contributed by atoms with Crippen molar-refractivity contribution in [1.29, 1.82) is 0 Å². The maximum atomic E-state index is 12.2. The van der Waals surface area contributed by atoms with Crippen LogP contribution in [0.3, 0.4) is 0 Å². The van der Waals surface area contributed by atoms with Gasteiger partial charge < -0.3 is 15.2 Å². The molecule has 4 rings (SSSR count). The Morgan fingerprint density at radius 2 is 2.00 bits per heavy atom. The van der Waals surface area contributed by atoms with Gasteiger partial charge in [-0.25, -0.2) is 4.98 Å². The number of nitrogens with zero attached hydrogens (tertiary/aromatic N) is 2. The molecule has 1 aliphatic heterocycles. The van der Waals surface area contributed by atoms with Crippen molar-refractivity contribution in [2.24, 2.45) is 0 Å². The summed E-state index contributed by atoms with van der Waals surface area (Å²) < 4.78 is 0. The number of anilines is 2. The van der Waals surface area contributed by atoms with E-state index in [2.05, 4.69) is 26.3 Å². The largest absolute Gasteiger partial charge is 0.361 e. The van der Waals surface area contributed by atoms with E-state index in [0.717, 1.165) is 36.5 Å². The summed E-state index contributed by atoms with van der Waals surface area (Å²) in [7, 11) is 0. The van der Waals surface area contributed by atoms with Crippen molar-refractivity contribution in [3.05, 3.63) is 54.4 Å². The molecule has 1 aliphatic rings. The van der Waals surface area contributed by atoms with E-state index >= 15 is 0 Å². The standard InChI is InChI=1S/C20H22N4O/c25-20(10-7-15-13-21-18-6-2-1-5-17(15)18)23-16-8-9-19(22-14-16)24-11-3-4-12-24/h1-2,5-6,8-9,13-14,21H,3-4,7,10-12H2,(H,23,25). The second-order valence-electron chi connectivity index (χ2n) is 6.51. The van der Waals surface area contributed by atoms with E-state index in [1.807, 2.05) is 36.5 Å². The number of fused-ring (bicyclic) bond motifs is 1. The normalized spacial score (nSPS) is 14.2. The van der Waals surface area contributed by atoms with Gasteiger partial charge >= 0.3 is 0 Å². The Morgan fingerprint density at radius 3 is 2.80 bits per heavy atom. The summed E-state index contributed by atoms with van der Waals surface area (Å²) in [5.41, 5.74) is 3.04. The third-order valence-corrected chi connectivity index (χ3v) is 4.76. The number of para-hydroxylation sites is 1. The highest BCUT2D eigenvalue weighted by atomic mass is 16.1. The summed E-state index contributed by atoms with van der Waals surface area (Å²) >= 11 is 0. The van der Waals surface area contributed by atoms with Gasteiger partial charge in [0.15, 0.2) is 0 Å². The highest BCUT2D eigenvalue weighted by molar-refractivity contribution is 5.91. The number of rotatable bonds is 5. The number of H-pyrrole nitrogens is 1. The summed E-state index contributed by atoms with van der Waals surface area (Å²) in [6, 6.07) is 12.1. The highest BCUT2D eigenvalue weighted by Crippen LogP contribution is 2.21. The van der Waals surface area contributed by atoms with Gasteiger partial charge in [-0.05, 0) is 43.0 Å². The molecule has 0 aliphatic carbocycles. The van der Waals surface area contributed by atoms with Crippen LogP contribution in [0.5, 0.6) is 0 Å². The van der Waals surface area contributed by atoms with E-state index in [4.69, 9.17) is 0 Å². The van der Waals surface area contributed by atoms with Crippen molar-refractivity contribution < 1.29 is 4.79 Å². The van der Waals surface area contributed by atoms with Gasteiger partial charge in [-0.1, -0.05) is 18.2 Å². The number of hydrogen-bond acceptors (Lipinski definition) is 3. The van der Waals surface area contributed by atoms with Crippen LogP contribution < -0.4 is 10.2 Å². The fourth-order valence-corrected chi connectivity index (χ4v) is 3.40. The summed E-state index contributed by atoms with van der Waals surface area (Å²) in [4.78, 5) is 22.2. The quantitative estimate of drug-likeness (QED) is 0.747. The molecular weight excluding hydrogens is 312 g/mol. The van der Waals surface area contributed by atoms with Crippen LogP contribution in [0.25, 0.3) is 10.9 Å². The maximum Gasteiger partial charge on any atom is 0.224 e. The molecule has 128 valence electrons. The molecule has 3 aromatic rings. The molecule has 0 saturated carbocycles. The Labute approximate surface area is 147 Å². The molecule has 2 N–H and O–H groups in total. The molecule has 3 heterocycles. The van der Waals surface area contributed by atoms with E-state index in [9.17, 15) is 4.79 Å². The molecule has 0 radical (unpaired) electrons. The lowest BCUT2D eigenvalue weighted by molar-refractivity contribution is -0.116. The molecule has 0 unspecified atom stereocenters. The number of nitrogens with one attached hydrogen (secondary N) is 2. The van der Waals surface area contributed by atoms with Gasteiger partial charge in [-0.2, -0.15) is 0 Å². The van der Waals surface area contributed by atoms with E-state index in [1.54, 1.807) is 6.20 Å². The lowest BCUT2D eigenvalue weighted by Crippen LogP contribution is -2.19. The number of aromatic nitrogens is 2. The van der Waals surface area contributed by atoms with E-state index < -0.39 is 0 Å². The molecule has 1 aromatic carbocycles. The number of benzene rings is 1. The minimum Gasteiger partial charge on any atom is -0.361 e. The number of amides is 1. The molecule has 25 heavy (non-hydrogen) atoms. The second kappa shape index (κ2) is 6.97. The third-order valence-electron chi connectivity index (χ3n) is 4.76. The van der Waals surface area contributed by atoms with E-state index in [0.29, 0.717) is 6.42 Å². The second-order valence-corrected chi connectivity index (χ2v) is 6.51. The summed E-state index contributed by atoms with van der Waals surface area (Å²) in [5, 5.41) is 4.13. The number of aryl methyl sites for hydroxylation is 1. The fraction of sp³-hybridized carbons (Fsp3) is 0.300. The van der Waals surface area contributed by atoms with Crippen LogP contribution in [0.4, 0.5) is 11.5 Å². The number of carbonyl (C=O) groups excluding carboxylic acids is 1. The molecule has 0 spiro atoms. The number of carbonyl (C=O) groups is 1. The summed E-state index contributed by atoms with van der Waals surface area (Å²) in [6.07, 6.45) is 7.37. The summed E-state index contributed by atoms with van der Waals surface area (Å²) in [6.45, 7) is 2.15. The van der Waals surface area contributed by atoms with Crippen LogP contribution in [-0.4, -0.2) is 29.0 Å². The zero-order valence-electron chi connectivity index (χ0n) is 14.2. The summed E-state index contributed by atoms with van der Waals surface area (Å²) in [5.74, 6) is 1.01. The number of aromatic amines is 1. The first-order valence-corrected chi connectivity index (χ1v) is 8.85. The number of pyridine rings is 1. The van der Waals surface area contributed by atoms with E-state index in [-0.39, 0.29) is 5.91 Å². The first-order valence-electron chi connectivity index (χ1n) is 8.85. The zero-order chi connectivity index (χ0) is 17.1. The van der Waals surface area contributed by atoms with Crippen molar-refractivity contribution >= 4 is 28.3 Å². The molecule has 0 atom stereocenters. The SMILES string of the molecule is O=C(CCc1c[nH]c2ccccc12)Nc1ccc(N2CCCC2)nc1. The van der Waals surface area contributed by atoms with Crippen LogP contribution in [0.1, 0.15) is 24.8 Å². The predicted molar refractivity (Wildman–Crippen MR) is 101 cm³/mol. The zero-order valence-corrected chi connectivity index (χ0v) is 14.2. The average molecular weight is 334 g/mol. The van der Waals surface area contributed by atoms with Crippen LogP contribution in [-0.2, 0) is 11.2 Å². The van der Waals surface area contributed by atoms with Crippen LogP contribution in [0.15, 0.2) is 48.8 Å². The molecule has 1 saturated heterocycles. The monoisotopic (exact) mass is 334 g/mol. The molecule has 5 nitrogen and oxygen atoms in total. The van der Waals surface area contributed by atoms with Gasteiger partial charge in [-0.3, -0.25) is 4.79 Å². The minimum absolute atomic E-state index is 0.0148. The van der Waals surface area contributed by atoms with Crippen molar-refractivity contribution in [1.82, 2.24) is 9.97 Å². The molecule has 0 bridgehead atoms. The Hall–Kier alpha value is -2.82. The topological polar surface area (TPSA) is 61.0 Å². The fourth-order valence-electron chi connectivity index (χ4n) is 3.40. The first kappa shape index (κ1) is 15.7. The first-order chi connectivity index (χ1) is 12.3. The lowest BCUT2D eigenvalue weighted by atomic mass is 10.1. The third kappa shape index (κ3) is 3.50. The van der Waals surface area contributed by atoms with Crippen molar-refractivity contribution in [2.45, 2.75) is 25.7 Å². The van der Waals surface area contributed by atoms with Crippen LogP contribution >= 0.6 is 0 Å². The Morgan fingerprint density at radius 1 is 1.16 bits per heavy atom. The van der Waals surface area contributed by atoms with E-state index in [1.165, 1.54) is 23.8 Å². The molecule has 5 heteroatoms. The predicted octanol–water partition coefficient (Wildman–Crippen LogP) is 3.73. The Kier molecular flexibility index (Phi) is 4.37. The lowest BCUT2D eigenvalue weighted by Gasteiger charge is -2.16. The van der Waals surface area contributed by atoms with Gasteiger partial charge in [-0.15, -0.1) is 0 Å². The minimum atomic E-state index is 0.0148. The van der Waals surface area contributed by atoms with Gasteiger partial charge in [0.25, 0.3) is 0 Å². The average Bonchev–Trinajstić information content (AvgIpc) is 3.31. The number of hydrogen-bond donors (Lipinski definition) is 2. The van der Waals surface area contributed by atoms with Crippen LogP contribution in [0, 0.1) is 0 Å². The molecule has 1 fully saturated rings. The van der Waals surface area contributed by atoms with Gasteiger partial charge in [0.2, 0.25) is 5.91 Å². The molecule has 2 aromatic heterocycles. The maximum absolute atomic E-state index is 12.2. The molecule has 1 amide bonds. The highest BCUT2D eigenvalue weighted by Gasteiger charge is 2.13. The van der Waals surface area contributed by atoms with Crippen molar-refractivity contribution in [2.75, 3.05) is 23.3 Å². The van der Waals surface area contributed by atoms with Gasteiger partial charge in [0.05, 0.1) is 11.9 Å². The molecular formula is C20H22N4O. The van der Waals surface area contributed by atoms with Crippen molar-refractivity contribution in [3.8, 4) is 0 Å². The Bertz CT molecular complexity index is 863. The smallest absolute Gasteiger partial charge is 0.224 e. The van der Waals surface area contributed by atoms with Gasteiger partial charge in [0.1, 0.15) is 5.82 Å².